The van der Waals surface area contributed by atoms with Crippen molar-refractivity contribution in [2.75, 3.05) is 12.3 Å². The van der Waals surface area contributed by atoms with Gasteiger partial charge in [-0.1, -0.05) is 13.8 Å². The van der Waals surface area contributed by atoms with Gasteiger partial charge in [0.25, 0.3) is 0 Å². The fraction of sp³-hybridized carbons (Fsp3) is 0.400. The molecule has 2 nitrogen and oxygen atoms in total. The highest BCUT2D eigenvalue weighted by molar-refractivity contribution is 5.53. The number of rotatable bonds is 3. The third kappa shape index (κ3) is 2.34. The van der Waals surface area contributed by atoms with Crippen molar-refractivity contribution in [1.29, 1.82) is 0 Å². The molecule has 14 heavy (non-hydrogen) atoms. The van der Waals surface area contributed by atoms with Gasteiger partial charge in [-0.25, -0.2) is 4.39 Å². The lowest BCUT2D eigenvalue weighted by Crippen LogP contribution is -2.08. The van der Waals surface area contributed by atoms with Crippen LogP contribution in [0, 0.1) is 17.6 Å². The average molecular weight is 201 g/mol. The zero-order valence-electron chi connectivity index (χ0n) is 8.18. The zero-order chi connectivity index (χ0) is 10.7. The van der Waals surface area contributed by atoms with Gasteiger partial charge >= 0.3 is 0 Å². The SMILES string of the molecule is CC(C)COc1c(N)ccc(F)c1F. The van der Waals surface area contributed by atoms with E-state index in [-0.39, 0.29) is 17.4 Å². The summed E-state index contributed by atoms with van der Waals surface area (Å²) < 4.78 is 31.0. The minimum atomic E-state index is -1.02. The Balaban J connectivity index is 2.89. The summed E-state index contributed by atoms with van der Waals surface area (Å²) in [7, 11) is 0. The first kappa shape index (κ1) is 10.8. The molecule has 4 heteroatoms. The van der Waals surface area contributed by atoms with E-state index in [0.717, 1.165) is 6.07 Å². The van der Waals surface area contributed by atoms with Crippen LogP contribution in [-0.4, -0.2) is 6.61 Å². The van der Waals surface area contributed by atoms with Crippen molar-refractivity contribution in [3.63, 3.8) is 0 Å². The van der Waals surface area contributed by atoms with Gasteiger partial charge < -0.3 is 10.5 Å². The van der Waals surface area contributed by atoms with E-state index >= 15 is 0 Å². The third-order valence-electron chi connectivity index (χ3n) is 1.64. The van der Waals surface area contributed by atoms with Crippen molar-refractivity contribution >= 4 is 5.69 Å². The van der Waals surface area contributed by atoms with Gasteiger partial charge in [0.05, 0.1) is 12.3 Å². The number of ether oxygens (including phenoxy) is 1. The second-order valence-corrected chi connectivity index (χ2v) is 3.48. The van der Waals surface area contributed by atoms with E-state index in [1.54, 1.807) is 0 Å². The lowest BCUT2D eigenvalue weighted by molar-refractivity contribution is 0.257. The van der Waals surface area contributed by atoms with E-state index in [2.05, 4.69) is 0 Å². The first-order valence-electron chi connectivity index (χ1n) is 4.38. The third-order valence-corrected chi connectivity index (χ3v) is 1.64. The van der Waals surface area contributed by atoms with Gasteiger partial charge in [0.15, 0.2) is 11.6 Å². The summed E-state index contributed by atoms with van der Waals surface area (Å²) in [5.41, 5.74) is 5.56. The van der Waals surface area contributed by atoms with E-state index in [4.69, 9.17) is 10.5 Å². The molecule has 1 aromatic rings. The summed E-state index contributed by atoms with van der Waals surface area (Å²) in [5.74, 6) is -1.93. The number of nitrogen functional groups attached to an aromatic ring is 1. The number of hydrogen-bond donors (Lipinski definition) is 1. The molecular formula is C10H13F2NO. The Morgan fingerprint density at radius 3 is 2.57 bits per heavy atom. The number of benzene rings is 1. The number of halogens is 2. The molecule has 0 amide bonds. The fourth-order valence-corrected chi connectivity index (χ4v) is 0.944. The van der Waals surface area contributed by atoms with Crippen LogP contribution in [0.15, 0.2) is 12.1 Å². The molecule has 0 aliphatic heterocycles. The summed E-state index contributed by atoms with van der Waals surface area (Å²) in [5, 5.41) is 0. The Bertz CT molecular complexity index is 326. The van der Waals surface area contributed by atoms with E-state index in [1.165, 1.54) is 6.07 Å². The molecule has 1 aromatic carbocycles. The van der Waals surface area contributed by atoms with Crippen LogP contribution in [0.2, 0.25) is 0 Å². The van der Waals surface area contributed by atoms with Crippen molar-refractivity contribution in [3.05, 3.63) is 23.8 Å². The minimum Gasteiger partial charge on any atom is -0.488 e. The molecule has 2 N–H and O–H groups in total. The maximum atomic E-state index is 13.1. The molecule has 0 fully saturated rings. The molecule has 0 aliphatic carbocycles. The molecule has 0 aliphatic rings. The van der Waals surface area contributed by atoms with Crippen molar-refractivity contribution in [2.45, 2.75) is 13.8 Å². The molecular weight excluding hydrogens is 188 g/mol. The highest BCUT2D eigenvalue weighted by atomic mass is 19.2. The normalized spacial score (nSPS) is 10.6. The minimum absolute atomic E-state index is 0.115. The van der Waals surface area contributed by atoms with Crippen LogP contribution in [0.5, 0.6) is 5.75 Å². The molecule has 0 saturated heterocycles. The molecule has 0 saturated carbocycles. The molecule has 0 spiro atoms. The Hall–Kier alpha value is -1.32. The molecule has 1 rings (SSSR count). The lowest BCUT2D eigenvalue weighted by atomic mass is 10.2. The van der Waals surface area contributed by atoms with Crippen LogP contribution in [0.4, 0.5) is 14.5 Å². The van der Waals surface area contributed by atoms with Gasteiger partial charge in [-0.05, 0) is 18.1 Å². The summed E-state index contributed by atoms with van der Waals surface area (Å²) in [6.45, 7) is 4.13. The standard InChI is InChI=1S/C10H13F2NO/c1-6(2)5-14-10-8(13)4-3-7(11)9(10)12/h3-4,6H,5,13H2,1-2H3. The molecule has 0 aromatic heterocycles. The molecule has 0 atom stereocenters. The van der Waals surface area contributed by atoms with Gasteiger partial charge in [0.1, 0.15) is 0 Å². The quantitative estimate of drug-likeness (QED) is 0.763. The van der Waals surface area contributed by atoms with Crippen LogP contribution >= 0.6 is 0 Å². The van der Waals surface area contributed by atoms with Gasteiger partial charge in [0, 0.05) is 0 Å². The van der Waals surface area contributed by atoms with Crippen molar-refractivity contribution in [3.8, 4) is 5.75 Å². The van der Waals surface area contributed by atoms with Crippen molar-refractivity contribution < 1.29 is 13.5 Å². The molecule has 0 unspecified atom stereocenters. The number of anilines is 1. The summed E-state index contributed by atoms with van der Waals surface area (Å²) >= 11 is 0. The molecule has 78 valence electrons. The predicted molar refractivity (Wildman–Crippen MR) is 51.1 cm³/mol. The maximum Gasteiger partial charge on any atom is 0.202 e. The maximum absolute atomic E-state index is 13.1. The van der Waals surface area contributed by atoms with Gasteiger partial charge in [-0.15, -0.1) is 0 Å². The first-order chi connectivity index (χ1) is 6.52. The highest BCUT2D eigenvalue weighted by Gasteiger charge is 2.13. The van der Waals surface area contributed by atoms with Crippen LogP contribution < -0.4 is 10.5 Å². The topological polar surface area (TPSA) is 35.2 Å². The molecule has 0 radical (unpaired) electrons. The fourth-order valence-electron chi connectivity index (χ4n) is 0.944. The Kier molecular flexibility index (Phi) is 3.28. The van der Waals surface area contributed by atoms with Crippen LogP contribution in [0.3, 0.4) is 0 Å². The monoisotopic (exact) mass is 201 g/mol. The van der Waals surface area contributed by atoms with Gasteiger partial charge in [-0.2, -0.15) is 4.39 Å². The Labute approximate surface area is 81.7 Å². The summed E-state index contributed by atoms with van der Waals surface area (Å²) in [4.78, 5) is 0. The second kappa shape index (κ2) is 4.26. The van der Waals surface area contributed by atoms with Gasteiger partial charge in [0.2, 0.25) is 5.82 Å². The molecule has 0 heterocycles. The Morgan fingerprint density at radius 1 is 1.36 bits per heavy atom. The van der Waals surface area contributed by atoms with Crippen molar-refractivity contribution in [2.24, 2.45) is 5.92 Å². The summed E-state index contributed by atoms with van der Waals surface area (Å²) in [6.07, 6.45) is 0. The van der Waals surface area contributed by atoms with E-state index in [1.807, 2.05) is 13.8 Å². The Morgan fingerprint density at radius 2 is 2.00 bits per heavy atom. The van der Waals surface area contributed by atoms with Crippen LogP contribution in [-0.2, 0) is 0 Å². The van der Waals surface area contributed by atoms with E-state index in [0.29, 0.717) is 6.61 Å². The van der Waals surface area contributed by atoms with Crippen LogP contribution in [0.25, 0.3) is 0 Å². The van der Waals surface area contributed by atoms with Gasteiger partial charge in [-0.3, -0.25) is 0 Å². The van der Waals surface area contributed by atoms with E-state index < -0.39 is 11.6 Å². The smallest absolute Gasteiger partial charge is 0.202 e. The number of nitrogens with two attached hydrogens (primary N) is 1. The van der Waals surface area contributed by atoms with Crippen LogP contribution in [0.1, 0.15) is 13.8 Å². The summed E-state index contributed by atoms with van der Waals surface area (Å²) in [6, 6.07) is 2.26. The first-order valence-corrected chi connectivity index (χ1v) is 4.38. The highest BCUT2D eigenvalue weighted by Crippen LogP contribution is 2.27. The predicted octanol–water partition coefficient (Wildman–Crippen LogP) is 2.58. The lowest BCUT2D eigenvalue weighted by Gasteiger charge is -2.11. The average Bonchev–Trinajstić information content (AvgIpc) is 2.11. The molecule has 0 bridgehead atoms. The zero-order valence-corrected chi connectivity index (χ0v) is 8.18. The van der Waals surface area contributed by atoms with Crippen molar-refractivity contribution in [1.82, 2.24) is 0 Å². The second-order valence-electron chi connectivity index (χ2n) is 3.48. The van der Waals surface area contributed by atoms with E-state index in [9.17, 15) is 8.78 Å². The largest absolute Gasteiger partial charge is 0.488 e. The number of hydrogen-bond acceptors (Lipinski definition) is 2.